The molecular formula is C14H14N2O2S. The van der Waals surface area contributed by atoms with Crippen LogP contribution in [0.3, 0.4) is 0 Å². The minimum absolute atomic E-state index is 0.159. The zero-order valence-electron chi connectivity index (χ0n) is 10.2. The second kappa shape index (κ2) is 4.43. The summed E-state index contributed by atoms with van der Waals surface area (Å²) in [6.07, 6.45) is 2.86. The number of benzene rings is 1. The van der Waals surface area contributed by atoms with Gasteiger partial charge < -0.3 is 0 Å². The summed E-state index contributed by atoms with van der Waals surface area (Å²) in [5, 5.41) is 5.08. The lowest BCUT2D eigenvalue weighted by Crippen LogP contribution is -2.11. The fraction of sp³-hybridized carbons (Fsp3) is 0.214. The van der Waals surface area contributed by atoms with Crippen molar-refractivity contribution in [1.82, 2.24) is 4.98 Å². The molecule has 4 nitrogen and oxygen atoms in total. The van der Waals surface area contributed by atoms with Crippen LogP contribution in [0.5, 0.6) is 0 Å². The Hall–Kier alpha value is -1.72. The van der Waals surface area contributed by atoms with Gasteiger partial charge in [0.25, 0.3) is 0 Å². The lowest BCUT2D eigenvalue weighted by molar-refractivity contribution is 0.598. The third kappa shape index (κ3) is 2.52. The predicted octanol–water partition coefficient (Wildman–Crippen LogP) is 2.00. The number of primary sulfonamides is 1. The third-order valence-corrected chi connectivity index (χ3v) is 4.42. The first-order valence-electron chi connectivity index (χ1n) is 6.09. The van der Waals surface area contributed by atoms with E-state index < -0.39 is 10.0 Å². The van der Waals surface area contributed by atoms with Crippen molar-refractivity contribution >= 4 is 10.0 Å². The normalized spacial score (nSPS) is 22.2. The van der Waals surface area contributed by atoms with E-state index in [-0.39, 0.29) is 4.90 Å². The van der Waals surface area contributed by atoms with Crippen LogP contribution in [0.4, 0.5) is 0 Å². The summed E-state index contributed by atoms with van der Waals surface area (Å²) >= 11 is 0. The number of pyridine rings is 1. The van der Waals surface area contributed by atoms with Crippen molar-refractivity contribution in [2.45, 2.75) is 23.2 Å². The molecule has 2 aromatic rings. The molecule has 1 saturated carbocycles. The Kier molecular flexibility index (Phi) is 2.88. The number of hydrogen-bond acceptors (Lipinski definition) is 3. The SMILES string of the molecule is NS(=O)(=O)c1ccc(C2CC2c2ccccn2)cc1. The van der Waals surface area contributed by atoms with Gasteiger partial charge in [-0.1, -0.05) is 18.2 Å². The van der Waals surface area contributed by atoms with E-state index in [2.05, 4.69) is 4.98 Å². The summed E-state index contributed by atoms with van der Waals surface area (Å²) in [7, 11) is -3.60. The minimum atomic E-state index is -3.60. The van der Waals surface area contributed by atoms with Gasteiger partial charge >= 0.3 is 0 Å². The molecule has 3 rings (SSSR count). The number of hydrogen-bond donors (Lipinski definition) is 1. The predicted molar refractivity (Wildman–Crippen MR) is 72.2 cm³/mol. The van der Waals surface area contributed by atoms with Crippen LogP contribution < -0.4 is 5.14 Å². The second-order valence-corrected chi connectivity index (χ2v) is 6.38. The highest BCUT2D eigenvalue weighted by atomic mass is 32.2. The van der Waals surface area contributed by atoms with E-state index in [1.54, 1.807) is 18.3 Å². The van der Waals surface area contributed by atoms with E-state index >= 15 is 0 Å². The fourth-order valence-corrected chi connectivity index (χ4v) is 2.91. The summed E-state index contributed by atoms with van der Waals surface area (Å²) in [4.78, 5) is 4.52. The maximum absolute atomic E-state index is 11.2. The van der Waals surface area contributed by atoms with Crippen LogP contribution in [0, 0.1) is 0 Å². The van der Waals surface area contributed by atoms with Crippen molar-refractivity contribution in [3.05, 3.63) is 59.9 Å². The molecular weight excluding hydrogens is 260 g/mol. The van der Waals surface area contributed by atoms with E-state index in [9.17, 15) is 8.42 Å². The molecule has 5 heteroatoms. The van der Waals surface area contributed by atoms with Gasteiger partial charge in [-0.3, -0.25) is 4.98 Å². The zero-order valence-corrected chi connectivity index (χ0v) is 11.0. The van der Waals surface area contributed by atoms with Gasteiger partial charge in [-0.2, -0.15) is 0 Å². The Morgan fingerprint density at radius 3 is 2.37 bits per heavy atom. The first-order valence-corrected chi connectivity index (χ1v) is 7.64. The molecule has 0 amide bonds. The first kappa shape index (κ1) is 12.3. The van der Waals surface area contributed by atoms with Crippen molar-refractivity contribution in [3.8, 4) is 0 Å². The molecule has 1 aliphatic carbocycles. The third-order valence-electron chi connectivity index (χ3n) is 3.49. The first-order chi connectivity index (χ1) is 9.05. The molecule has 2 N–H and O–H groups in total. The number of sulfonamides is 1. The van der Waals surface area contributed by atoms with E-state index in [0.29, 0.717) is 11.8 Å². The monoisotopic (exact) mass is 274 g/mol. The number of nitrogens with two attached hydrogens (primary N) is 1. The fourth-order valence-electron chi connectivity index (χ4n) is 2.39. The molecule has 0 bridgehead atoms. The van der Waals surface area contributed by atoms with Gasteiger partial charge in [0, 0.05) is 17.8 Å². The van der Waals surface area contributed by atoms with Gasteiger partial charge in [0.1, 0.15) is 0 Å². The van der Waals surface area contributed by atoms with E-state index in [1.165, 1.54) is 0 Å². The van der Waals surface area contributed by atoms with Crippen LogP contribution in [0.2, 0.25) is 0 Å². The Labute approximate surface area is 112 Å². The van der Waals surface area contributed by atoms with Crippen LogP contribution in [-0.4, -0.2) is 13.4 Å². The molecule has 1 heterocycles. The Bertz CT molecular complexity index is 681. The maximum Gasteiger partial charge on any atom is 0.238 e. The molecule has 19 heavy (non-hydrogen) atoms. The largest absolute Gasteiger partial charge is 0.261 e. The van der Waals surface area contributed by atoms with Crippen LogP contribution in [0.25, 0.3) is 0 Å². The number of rotatable bonds is 3. The molecule has 1 fully saturated rings. The Morgan fingerprint density at radius 2 is 1.79 bits per heavy atom. The number of aromatic nitrogens is 1. The van der Waals surface area contributed by atoms with Crippen molar-refractivity contribution in [1.29, 1.82) is 0 Å². The lowest BCUT2D eigenvalue weighted by atomic mass is 10.1. The highest BCUT2D eigenvalue weighted by Gasteiger charge is 2.40. The van der Waals surface area contributed by atoms with Gasteiger partial charge in [0.2, 0.25) is 10.0 Å². The highest BCUT2D eigenvalue weighted by Crippen LogP contribution is 2.53. The van der Waals surface area contributed by atoms with Crippen molar-refractivity contribution in [2.24, 2.45) is 5.14 Å². The molecule has 0 saturated heterocycles. The topological polar surface area (TPSA) is 73.1 Å². The lowest BCUT2D eigenvalue weighted by Gasteiger charge is -2.02. The average Bonchev–Trinajstić information content (AvgIpc) is 3.19. The van der Waals surface area contributed by atoms with Gasteiger partial charge in [0.05, 0.1) is 4.90 Å². The Morgan fingerprint density at radius 1 is 1.05 bits per heavy atom. The molecule has 1 aromatic carbocycles. The van der Waals surface area contributed by atoms with Gasteiger partial charge in [0.15, 0.2) is 0 Å². The molecule has 0 spiro atoms. The van der Waals surface area contributed by atoms with E-state index in [4.69, 9.17) is 5.14 Å². The molecule has 0 radical (unpaired) electrons. The van der Waals surface area contributed by atoms with Crippen molar-refractivity contribution in [3.63, 3.8) is 0 Å². The molecule has 0 aliphatic heterocycles. The van der Waals surface area contributed by atoms with Crippen molar-refractivity contribution in [2.75, 3.05) is 0 Å². The summed E-state index contributed by atoms with van der Waals surface area (Å²) in [6, 6.07) is 12.7. The van der Waals surface area contributed by atoms with Crippen LogP contribution in [0.15, 0.2) is 53.6 Å². The van der Waals surface area contributed by atoms with Crippen molar-refractivity contribution < 1.29 is 8.42 Å². The molecule has 1 aromatic heterocycles. The quantitative estimate of drug-likeness (QED) is 0.930. The smallest absolute Gasteiger partial charge is 0.238 e. The van der Waals surface area contributed by atoms with Crippen LogP contribution in [-0.2, 0) is 10.0 Å². The van der Waals surface area contributed by atoms with Gasteiger partial charge in [-0.15, -0.1) is 0 Å². The van der Waals surface area contributed by atoms with Gasteiger partial charge in [-0.05, 0) is 42.2 Å². The Balaban J connectivity index is 1.79. The average molecular weight is 274 g/mol. The highest BCUT2D eigenvalue weighted by molar-refractivity contribution is 7.89. The summed E-state index contributed by atoms with van der Waals surface area (Å²) < 4.78 is 22.4. The summed E-state index contributed by atoms with van der Waals surface area (Å²) in [6.45, 7) is 0. The second-order valence-electron chi connectivity index (χ2n) is 4.82. The zero-order chi connectivity index (χ0) is 13.5. The summed E-state index contributed by atoms with van der Waals surface area (Å²) in [5.41, 5.74) is 2.24. The number of nitrogens with zero attached hydrogens (tertiary/aromatic N) is 1. The van der Waals surface area contributed by atoms with E-state index in [1.807, 2.05) is 30.3 Å². The standard InChI is InChI=1S/C14H14N2O2S/c15-19(17,18)11-6-4-10(5-7-11)12-9-13(12)14-3-1-2-8-16-14/h1-8,12-13H,9H2,(H2,15,17,18). The van der Waals surface area contributed by atoms with Crippen LogP contribution >= 0.6 is 0 Å². The summed E-state index contributed by atoms with van der Waals surface area (Å²) in [5.74, 6) is 0.881. The van der Waals surface area contributed by atoms with Gasteiger partial charge in [-0.25, -0.2) is 13.6 Å². The molecule has 2 atom stereocenters. The minimum Gasteiger partial charge on any atom is -0.261 e. The molecule has 98 valence electrons. The molecule has 2 unspecified atom stereocenters. The van der Waals surface area contributed by atoms with Crippen LogP contribution in [0.1, 0.15) is 29.5 Å². The van der Waals surface area contributed by atoms with E-state index in [0.717, 1.165) is 17.7 Å². The molecule has 1 aliphatic rings. The maximum atomic E-state index is 11.2.